The number of hydrogen-bond acceptors (Lipinski definition) is 4. The van der Waals surface area contributed by atoms with Gasteiger partial charge in [0.1, 0.15) is 24.4 Å². The van der Waals surface area contributed by atoms with Crippen molar-refractivity contribution in [1.29, 1.82) is 0 Å². The summed E-state index contributed by atoms with van der Waals surface area (Å²) in [6.07, 6.45) is 4.19. The normalized spacial score (nSPS) is 18.5. The van der Waals surface area contributed by atoms with Crippen LogP contribution in [0.15, 0.2) is 24.3 Å². The Morgan fingerprint density at radius 3 is 2.56 bits per heavy atom. The van der Waals surface area contributed by atoms with E-state index in [4.69, 9.17) is 16.3 Å². The van der Waals surface area contributed by atoms with Crippen LogP contribution in [0.1, 0.15) is 32.1 Å². The number of urea groups is 1. The quantitative estimate of drug-likeness (QED) is 0.753. The van der Waals surface area contributed by atoms with Crippen LogP contribution < -0.4 is 10.1 Å². The summed E-state index contributed by atoms with van der Waals surface area (Å²) in [7, 11) is 1.63. The maximum atomic E-state index is 12.7. The van der Waals surface area contributed by atoms with Crippen molar-refractivity contribution in [3.63, 3.8) is 0 Å². The summed E-state index contributed by atoms with van der Waals surface area (Å²) in [5.74, 6) is 0.0889. The summed E-state index contributed by atoms with van der Waals surface area (Å²) >= 11 is 5.82. The molecule has 1 heterocycles. The number of hydrogen-bond donors (Lipinski definition) is 1. The van der Waals surface area contributed by atoms with Crippen molar-refractivity contribution in [1.82, 2.24) is 15.1 Å². The Kier molecular flexibility index (Phi) is 5.89. The number of benzene rings is 1. The van der Waals surface area contributed by atoms with Gasteiger partial charge in [-0.05, 0) is 37.1 Å². The molecule has 2 aliphatic rings. The lowest BCUT2D eigenvalue weighted by Gasteiger charge is -2.30. The minimum Gasteiger partial charge on any atom is -0.492 e. The third-order valence-electron chi connectivity index (χ3n) is 5.18. The third kappa shape index (κ3) is 4.35. The number of amides is 4. The molecule has 0 bridgehead atoms. The van der Waals surface area contributed by atoms with Gasteiger partial charge in [0.05, 0.1) is 6.54 Å². The highest BCUT2D eigenvalue weighted by Crippen LogP contribution is 2.33. The molecule has 1 saturated carbocycles. The molecule has 146 valence electrons. The van der Waals surface area contributed by atoms with Crippen molar-refractivity contribution >= 4 is 29.4 Å². The molecule has 7 nitrogen and oxygen atoms in total. The van der Waals surface area contributed by atoms with Crippen molar-refractivity contribution < 1.29 is 19.1 Å². The second kappa shape index (κ2) is 8.17. The Bertz CT molecular complexity index is 716. The Labute approximate surface area is 163 Å². The number of carbonyl (C=O) groups is 3. The zero-order chi connectivity index (χ0) is 19.4. The van der Waals surface area contributed by atoms with E-state index in [9.17, 15) is 14.4 Å². The molecule has 0 atom stereocenters. The molecular formula is C19H24ClN3O4. The second-order valence-electron chi connectivity index (χ2n) is 7.08. The van der Waals surface area contributed by atoms with Gasteiger partial charge < -0.3 is 15.0 Å². The molecule has 1 spiro atoms. The number of ether oxygens (including phenoxy) is 1. The average Bonchev–Trinajstić information content (AvgIpc) is 2.87. The van der Waals surface area contributed by atoms with Gasteiger partial charge in [0.25, 0.3) is 5.91 Å². The van der Waals surface area contributed by atoms with Crippen LogP contribution in [0.3, 0.4) is 0 Å². The highest BCUT2D eigenvalue weighted by Gasteiger charge is 2.51. The van der Waals surface area contributed by atoms with Crippen LogP contribution in [-0.2, 0) is 9.59 Å². The van der Waals surface area contributed by atoms with E-state index in [1.165, 1.54) is 4.90 Å². The fourth-order valence-corrected chi connectivity index (χ4v) is 3.65. The Morgan fingerprint density at radius 1 is 1.22 bits per heavy atom. The summed E-state index contributed by atoms with van der Waals surface area (Å²) in [4.78, 5) is 39.9. The highest BCUT2D eigenvalue weighted by molar-refractivity contribution is 6.30. The van der Waals surface area contributed by atoms with Crippen molar-refractivity contribution in [2.45, 2.75) is 37.6 Å². The first kappa shape index (κ1) is 19.5. The standard InChI is InChI=1S/C19H24ClN3O4/c1-22(11-12-27-15-7-5-14(20)6-8-15)16(24)13-23-17(25)19(21-18(23)26)9-3-2-4-10-19/h5-8H,2-4,9-13H2,1H3,(H,21,26). The van der Waals surface area contributed by atoms with Crippen LogP contribution in [0.5, 0.6) is 5.75 Å². The maximum absolute atomic E-state index is 12.7. The van der Waals surface area contributed by atoms with E-state index in [2.05, 4.69) is 5.32 Å². The summed E-state index contributed by atoms with van der Waals surface area (Å²) in [6.45, 7) is 0.397. The first-order chi connectivity index (χ1) is 12.9. The summed E-state index contributed by atoms with van der Waals surface area (Å²) in [6, 6.07) is 6.48. The highest BCUT2D eigenvalue weighted by atomic mass is 35.5. The molecule has 1 N–H and O–H groups in total. The van der Waals surface area contributed by atoms with Crippen LogP contribution in [0.2, 0.25) is 5.02 Å². The molecule has 1 aliphatic heterocycles. The van der Waals surface area contributed by atoms with E-state index in [1.54, 1.807) is 31.3 Å². The molecule has 27 heavy (non-hydrogen) atoms. The second-order valence-corrected chi connectivity index (χ2v) is 7.52. The van der Waals surface area contributed by atoms with E-state index in [1.807, 2.05) is 0 Å². The summed E-state index contributed by atoms with van der Waals surface area (Å²) in [5, 5.41) is 3.44. The fourth-order valence-electron chi connectivity index (χ4n) is 3.53. The van der Waals surface area contributed by atoms with E-state index in [-0.39, 0.29) is 18.4 Å². The topological polar surface area (TPSA) is 79.0 Å². The zero-order valence-electron chi connectivity index (χ0n) is 15.4. The molecule has 8 heteroatoms. The maximum Gasteiger partial charge on any atom is 0.325 e. The van der Waals surface area contributed by atoms with Crippen LogP contribution in [0.4, 0.5) is 4.79 Å². The molecule has 1 aromatic carbocycles. The molecule has 2 fully saturated rings. The molecule has 1 aromatic rings. The molecular weight excluding hydrogens is 370 g/mol. The van der Waals surface area contributed by atoms with Gasteiger partial charge in [0.2, 0.25) is 5.91 Å². The number of nitrogens with zero attached hydrogens (tertiary/aromatic N) is 2. The van der Waals surface area contributed by atoms with Crippen molar-refractivity contribution in [2.24, 2.45) is 0 Å². The van der Waals surface area contributed by atoms with Crippen molar-refractivity contribution in [3.05, 3.63) is 29.3 Å². The zero-order valence-corrected chi connectivity index (χ0v) is 16.1. The number of nitrogens with one attached hydrogen (secondary N) is 1. The van der Waals surface area contributed by atoms with Gasteiger partial charge in [-0.15, -0.1) is 0 Å². The average molecular weight is 394 g/mol. The Balaban J connectivity index is 1.49. The lowest BCUT2D eigenvalue weighted by molar-refractivity contribution is -0.139. The van der Waals surface area contributed by atoms with Crippen LogP contribution >= 0.6 is 11.6 Å². The number of rotatable bonds is 6. The Hall–Kier alpha value is -2.28. The van der Waals surface area contributed by atoms with Gasteiger partial charge in [-0.25, -0.2) is 4.79 Å². The summed E-state index contributed by atoms with van der Waals surface area (Å²) < 4.78 is 5.57. The SMILES string of the molecule is CN(CCOc1ccc(Cl)cc1)C(=O)CN1C(=O)NC2(CCCCC2)C1=O. The minimum absolute atomic E-state index is 0.246. The first-order valence-corrected chi connectivity index (χ1v) is 9.55. The monoisotopic (exact) mass is 393 g/mol. The van der Waals surface area contributed by atoms with Crippen LogP contribution in [-0.4, -0.2) is 59.9 Å². The lowest BCUT2D eigenvalue weighted by atomic mass is 9.82. The smallest absolute Gasteiger partial charge is 0.325 e. The number of imide groups is 1. The molecule has 3 rings (SSSR count). The van der Waals surface area contributed by atoms with Gasteiger partial charge in [0.15, 0.2) is 0 Å². The first-order valence-electron chi connectivity index (χ1n) is 9.18. The fraction of sp³-hybridized carbons (Fsp3) is 0.526. The van der Waals surface area contributed by atoms with Gasteiger partial charge in [-0.1, -0.05) is 30.9 Å². The van der Waals surface area contributed by atoms with E-state index >= 15 is 0 Å². The Morgan fingerprint density at radius 2 is 1.89 bits per heavy atom. The molecule has 0 radical (unpaired) electrons. The largest absolute Gasteiger partial charge is 0.492 e. The van der Waals surface area contributed by atoms with E-state index < -0.39 is 11.6 Å². The molecule has 0 aromatic heterocycles. The van der Waals surface area contributed by atoms with Gasteiger partial charge in [0, 0.05) is 12.1 Å². The predicted molar refractivity (Wildman–Crippen MR) is 101 cm³/mol. The predicted octanol–water partition coefficient (Wildman–Crippen LogP) is 2.43. The lowest BCUT2D eigenvalue weighted by Crippen LogP contribution is -2.49. The molecule has 0 unspecified atom stereocenters. The van der Waals surface area contributed by atoms with E-state index in [0.29, 0.717) is 36.8 Å². The number of halogens is 1. The van der Waals surface area contributed by atoms with Crippen molar-refractivity contribution in [3.8, 4) is 5.75 Å². The van der Waals surface area contributed by atoms with Crippen LogP contribution in [0, 0.1) is 0 Å². The van der Waals surface area contributed by atoms with Gasteiger partial charge in [-0.3, -0.25) is 14.5 Å². The number of carbonyl (C=O) groups excluding carboxylic acids is 3. The van der Waals surface area contributed by atoms with Crippen molar-refractivity contribution in [2.75, 3.05) is 26.7 Å². The third-order valence-corrected chi connectivity index (χ3v) is 5.43. The van der Waals surface area contributed by atoms with E-state index in [0.717, 1.165) is 24.2 Å². The molecule has 1 saturated heterocycles. The minimum atomic E-state index is -0.800. The molecule has 4 amide bonds. The molecule has 1 aliphatic carbocycles. The van der Waals surface area contributed by atoms with Gasteiger partial charge >= 0.3 is 6.03 Å². The van der Waals surface area contributed by atoms with Gasteiger partial charge in [-0.2, -0.15) is 0 Å². The summed E-state index contributed by atoms with van der Waals surface area (Å²) in [5.41, 5.74) is -0.800. The number of likely N-dealkylation sites (N-methyl/N-ethyl adjacent to an activating group) is 1. The van der Waals surface area contributed by atoms with Crippen LogP contribution in [0.25, 0.3) is 0 Å².